The summed E-state index contributed by atoms with van der Waals surface area (Å²) in [6.07, 6.45) is 3.25. The van der Waals surface area contributed by atoms with E-state index in [4.69, 9.17) is 0 Å². The van der Waals surface area contributed by atoms with E-state index in [1.165, 1.54) is 35.6 Å². The third kappa shape index (κ3) is 5.01. The van der Waals surface area contributed by atoms with Gasteiger partial charge in [-0.3, -0.25) is 9.59 Å². The zero-order valence-electron chi connectivity index (χ0n) is 17.0. The monoisotopic (exact) mass is 447 g/mol. The number of aryl methyl sites for hydroxylation is 1. The van der Waals surface area contributed by atoms with E-state index in [2.05, 4.69) is 25.6 Å². The summed E-state index contributed by atoms with van der Waals surface area (Å²) in [5.74, 6) is -0.672. The van der Waals surface area contributed by atoms with Gasteiger partial charge < -0.3 is 10.6 Å². The highest BCUT2D eigenvalue weighted by atomic mass is 32.1. The second-order valence-corrected chi connectivity index (χ2v) is 7.85. The SMILES string of the molecule is Cc1nc(-c2ncccn2)sc1C(=O)NCc1cccc(NC(=O)c2cccc(F)c2)c1. The van der Waals surface area contributed by atoms with E-state index < -0.39 is 11.7 Å². The van der Waals surface area contributed by atoms with E-state index in [0.717, 1.165) is 5.56 Å². The molecule has 2 N–H and O–H groups in total. The van der Waals surface area contributed by atoms with Crippen molar-refractivity contribution in [2.75, 3.05) is 5.32 Å². The highest BCUT2D eigenvalue weighted by molar-refractivity contribution is 7.17. The minimum atomic E-state index is -0.477. The number of benzene rings is 2. The summed E-state index contributed by atoms with van der Waals surface area (Å²) in [7, 11) is 0. The number of hydrogen-bond acceptors (Lipinski definition) is 6. The van der Waals surface area contributed by atoms with Crippen LogP contribution in [0.15, 0.2) is 67.0 Å². The van der Waals surface area contributed by atoms with Crippen molar-refractivity contribution in [3.63, 3.8) is 0 Å². The second kappa shape index (κ2) is 9.44. The number of nitrogens with zero attached hydrogens (tertiary/aromatic N) is 3. The molecule has 4 rings (SSSR count). The molecular weight excluding hydrogens is 429 g/mol. The molecule has 2 heterocycles. The van der Waals surface area contributed by atoms with E-state index in [9.17, 15) is 14.0 Å². The predicted molar refractivity (Wildman–Crippen MR) is 120 cm³/mol. The number of halogens is 1. The van der Waals surface area contributed by atoms with E-state index in [1.54, 1.807) is 43.6 Å². The van der Waals surface area contributed by atoms with Gasteiger partial charge in [0.05, 0.1) is 5.69 Å². The molecule has 0 aliphatic carbocycles. The first-order valence-corrected chi connectivity index (χ1v) is 10.5. The topological polar surface area (TPSA) is 96.9 Å². The van der Waals surface area contributed by atoms with Crippen LogP contribution in [0.1, 0.15) is 31.3 Å². The molecule has 0 aliphatic heterocycles. The Morgan fingerprint density at radius 1 is 1.00 bits per heavy atom. The third-order valence-electron chi connectivity index (χ3n) is 4.48. The number of amides is 2. The van der Waals surface area contributed by atoms with Crippen LogP contribution in [0.4, 0.5) is 10.1 Å². The highest BCUT2D eigenvalue weighted by Gasteiger charge is 2.17. The summed E-state index contributed by atoms with van der Waals surface area (Å²) in [5.41, 5.74) is 2.17. The average Bonchev–Trinajstić information content (AvgIpc) is 3.20. The summed E-state index contributed by atoms with van der Waals surface area (Å²) < 4.78 is 13.3. The van der Waals surface area contributed by atoms with Gasteiger partial charge in [0.1, 0.15) is 10.7 Å². The van der Waals surface area contributed by atoms with Crippen LogP contribution in [-0.2, 0) is 6.54 Å². The van der Waals surface area contributed by atoms with Crippen molar-refractivity contribution in [1.29, 1.82) is 0 Å². The van der Waals surface area contributed by atoms with Crippen LogP contribution in [-0.4, -0.2) is 26.8 Å². The Morgan fingerprint density at radius 2 is 1.78 bits per heavy atom. The Kier molecular flexibility index (Phi) is 6.27. The van der Waals surface area contributed by atoms with Gasteiger partial charge in [-0.05, 0) is 48.9 Å². The lowest BCUT2D eigenvalue weighted by atomic mass is 10.1. The van der Waals surface area contributed by atoms with E-state index in [-0.39, 0.29) is 18.0 Å². The number of anilines is 1. The van der Waals surface area contributed by atoms with E-state index in [1.807, 2.05) is 6.07 Å². The summed E-state index contributed by atoms with van der Waals surface area (Å²) in [5, 5.41) is 6.18. The molecule has 32 heavy (non-hydrogen) atoms. The van der Waals surface area contributed by atoms with E-state index >= 15 is 0 Å². The molecular formula is C23H18FN5O2S. The maximum Gasteiger partial charge on any atom is 0.263 e. The molecule has 2 amide bonds. The molecule has 0 unspecified atom stereocenters. The Labute approximate surface area is 187 Å². The molecule has 0 spiro atoms. The minimum Gasteiger partial charge on any atom is -0.347 e. The molecule has 0 saturated heterocycles. The zero-order chi connectivity index (χ0) is 22.5. The summed E-state index contributed by atoms with van der Waals surface area (Å²) in [6, 6.07) is 14.3. The Balaban J connectivity index is 1.41. The summed E-state index contributed by atoms with van der Waals surface area (Å²) in [4.78, 5) is 38.2. The fourth-order valence-electron chi connectivity index (χ4n) is 2.97. The van der Waals surface area contributed by atoms with E-state index in [0.29, 0.717) is 27.1 Å². The van der Waals surface area contributed by atoms with Gasteiger partial charge in [-0.2, -0.15) is 0 Å². The van der Waals surface area contributed by atoms with Crippen LogP contribution in [0.5, 0.6) is 0 Å². The van der Waals surface area contributed by atoms with Crippen molar-refractivity contribution in [3.8, 4) is 10.8 Å². The first-order chi connectivity index (χ1) is 15.5. The van der Waals surface area contributed by atoms with Crippen molar-refractivity contribution in [1.82, 2.24) is 20.3 Å². The van der Waals surface area contributed by atoms with Crippen LogP contribution >= 0.6 is 11.3 Å². The van der Waals surface area contributed by atoms with Crippen LogP contribution in [0, 0.1) is 12.7 Å². The van der Waals surface area contributed by atoms with Crippen LogP contribution in [0.3, 0.4) is 0 Å². The summed E-state index contributed by atoms with van der Waals surface area (Å²) >= 11 is 1.23. The van der Waals surface area contributed by atoms with Gasteiger partial charge in [0, 0.05) is 30.2 Å². The normalized spacial score (nSPS) is 10.6. The van der Waals surface area contributed by atoms with Gasteiger partial charge in [-0.1, -0.05) is 18.2 Å². The molecule has 0 radical (unpaired) electrons. The quantitative estimate of drug-likeness (QED) is 0.461. The molecule has 0 aliphatic rings. The molecule has 0 bridgehead atoms. The third-order valence-corrected chi connectivity index (χ3v) is 5.64. The van der Waals surface area contributed by atoms with Crippen molar-refractivity contribution in [3.05, 3.63) is 94.5 Å². The van der Waals surface area contributed by atoms with Crippen molar-refractivity contribution >= 4 is 28.8 Å². The molecule has 0 atom stereocenters. The highest BCUT2D eigenvalue weighted by Crippen LogP contribution is 2.25. The predicted octanol–water partition coefficient (Wildman–Crippen LogP) is 4.23. The lowest BCUT2D eigenvalue weighted by molar-refractivity contribution is 0.0953. The zero-order valence-corrected chi connectivity index (χ0v) is 17.8. The standard InChI is InChI=1S/C23H18FN5O2S/c1-14-19(32-23(28-14)20-25-9-4-10-26-20)22(31)27-13-15-5-2-8-18(11-15)29-21(30)16-6-3-7-17(24)12-16/h2-12H,13H2,1H3,(H,27,31)(H,29,30). The smallest absolute Gasteiger partial charge is 0.263 e. The molecule has 0 fully saturated rings. The lowest BCUT2D eigenvalue weighted by Crippen LogP contribution is -2.22. The lowest BCUT2D eigenvalue weighted by Gasteiger charge is -2.09. The maximum absolute atomic E-state index is 13.3. The van der Waals surface area contributed by atoms with Crippen LogP contribution in [0.2, 0.25) is 0 Å². The first-order valence-electron chi connectivity index (χ1n) is 9.68. The van der Waals surface area contributed by atoms with Crippen molar-refractivity contribution in [2.45, 2.75) is 13.5 Å². The van der Waals surface area contributed by atoms with Gasteiger partial charge in [0.15, 0.2) is 10.8 Å². The second-order valence-electron chi connectivity index (χ2n) is 6.85. The minimum absolute atomic E-state index is 0.225. The first kappa shape index (κ1) is 21.3. The number of carbonyl (C=O) groups is 2. The number of carbonyl (C=O) groups excluding carboxylic acids is 2. The molecule has 2 aromatic heterocycles. The Hall–Kier alpha value is -3.98. The number of aromatic nitrogens is 3. The fourth-order valence-corrected chi connectivity index (χ4v) is 3.90. The Morgan fingerprint density at radius 3 is 2.56 bits per heavy atom. The number of thiazole rings is 1. The number of nitrogens with one attached hydrogen (secondary N) is 2. The fraction of sp³-hybridized carbons (Fsp3) is 0.0870. The van der Waals surface area contributed by atoms with Gasteiger partial charge in [-0.15, -0.1) is 11.3 Å². The number of rotatable bonds is 6. The summed E-state index contributed by atoms with van der Waals surface area (Å²) in [6.45, 7) is 2.03. The van der Waals surface area contributed by atoms with Crippen LogP contribution < -0.4 is 10.6 Å². The largest absolute Gasteiger partial charge is 0.347 e. The molecule has 4 aromatic rings. The number of hydrogen-bond donors (Lipinski definition) is 2. The molecule has 9 heteroatoms. The van der Waals surface area contributed by atoms with Gasteiger partial charge in [0.25, 0.3) is 11.8 Å². The van der Waals surface area contributed by atoms with Gasteiger partial charge in [0.2, 0.25) is 0 Å². The maximum atomic E-state index is 13.3. The molecule has 160 valence electrons. The molecule has 2 aromatic carbocycles. The van der Waals surface area contributed by atoms with Gasteiger partial charge >= 0.3 is 0 Å². The molecule has 7 nitrogen and oxygen atoms in total. The van der Waals surface area contributed by atoms with Crippen molar-refractivity contribution < 1.29 is 14.0 Å². The Bertz CT molecular complexity index is 1280. The average molecular weight is 447 g/mol. The molecule has 0 saturated carbocycles. The van der Waals surface area contributed by atoms with Gasteiger partial charge in [-0.25, -0.2) is 19.3 Å². The van der Waals surface area contributed by atoms with Crippen molar-refractivity contribution in [2.24, 2.45) is 0 Å². The van der Waals surface area contributed by atoms with Crippen LogP contribution in [0.25, 0.3) is 10.8 Å².